The lowest BCUT2D eigenvalue weighted by molar-refractivity contribution is -0.161. The lowest BCUT2D eigenvalue weighted by Gasteiger charge is -2.21. The average molecular weight is 1270 g/mol. The van der Waals surface area contributed by atoms with E-state index in [1.807, 2.05) is 0 Å². The molecule has 0 aliphatic carbocycles. The number of unbranched alkanes of at least 4 members (excludes halogenated alkanes) is 27. The summed E-state index contributed by atoms with van der Waals surface area (Å²) in [5.41, 5.74) is 0. The topological polar surface area (TPSA) is 237 Å². The Hall–Kier alpha value is -1.94. The van der Waals surface area contributed by atoms with Crippen LogP contribution in [0.3, 0.4) is 0 Å². The van der Waals surface area contributed by atoms with Gasteiger partial charge in [0.2, 0.25) is 0 Å². The fraction of sp³-hybridized carbons (Fsp3) is 0.940. The van der Waals surface area contributed by atoms with Crippen molar-refractivity contribution in [2.75, 3.05) is 39.6 Å². The zero-order chi connectivity index (χ0) is 63.9. The van der Waals surface area contributed by atoms with E-state index in [1.54, 1.807) is 0 Å². The number of hydrogen-bond donors (Lipinski definition) is 3. The number of esters is 4. The summed E-state index contributed by atoms with van der Waals surface area (Å²) >= 11 is 0. The Morgan fingerprint density at radius 1 is 0.326 bits per heavy atom. The average Bonchev–Trinajstić information content (AvgIpc) is 3.60. The summed E-state index contributed by atoms with van der Waals surface area (Å²) in [6, 6.07) is 0. The molecule has 0 spiro atoms. The zero-order valence-electron chi connectivity index (χ0n) is 55.9. The Labute approximate surface area is 524 Å². The van der Waals surface area contributed by atoms with Crippen molar-refractivity contribution in [3.63, 3.8) is 0 Å². The number of ether oxygens (including phenoxy) is 4. The number of rotatable bonds is 64. The van der Waals surface area contributed by atoms with E-state index >= 15 is 0 Å². The third-order valence-corrected chi connectivity index (χ3v) is 18.3. The minimum atomic E-state index is -4.95. The van der Waals surface area contributed by atoms with Crippen LogP contribution in [-0.2, 0) is 65.4 Å². The molecule has 0 aromatic heterocycles. The lowest BCUT2D eigenvalue weighted by Crippen LogP contribution is -2.30. The van der Waals surface area contributed by atoms with Crippen molar-refractivity contribution in [3.05, 3.63) is 0 Å². The van der Waals surface area contributed by atoms with Crippen molar-refractivity contribution in [3.8, 4) is 0 Å². The van der Waals surface area contributed by atoms with Crippen molar-refractivity contribution in [2.24, 2.45) is 23.7 Å². The van der Waals surface area contributed by atoms with Gasteiger partial charge in [0.1, 0.15) is 19.3 Å². The summed E-state index contributed by atoms with van der Waals surface area (Å²) in [5, 5.41) is 10.6. The molecule has 0 aromatic carbocycles. The molecule has 8 atom stereocenters. The Morgan fingerprint density at radius 2 is 0.558 bits per heavy atom. The van der Waals surface area contributed by atoms with E-state index in [0.29, 0.717) is 25.7 Å². The van der Waals surface area contributed by atoms with Crippen LogP contribution in [0.1, 0.15) is 325 Å². The molecule has 86 heavy (non-hydrogen) atoms. The first-order valence-electron chi connectivity index (χ1n) is 34.8. The van der Waals surface area contributed by atoms with Crippen LogP contribution < -0.4 is 0 Å². The van der Waals surface area contributed by atoms with Gasteiger partial charge in [-0.05, 0) is 49.4 Å². The van der Waals surface area contributed by atoms with Crippen LogP contribution >= 0.6 is 15.6 Å². The highest BCUT2D eigenvalue weighted by molar-refractivity contribution is 7.47. The molecule has 0 saturated carbocycles. The predicted octanol–water partition coefficient (Wildman–Crippen LogP) is 18.5. The number of phosphoric acid groups is 2. The van der Waals surface area contributed by atoms with Gasteiger partial charge in [-0.1, -0.05) is 274 Å². The third-order valence-electron chi connectivity index (χ3n) is 16.4. The monoisotopic (exact) mass is 1270 g/mol. The highest BCUT2D eigenvalue weighted by atomic mass is 31.2. The van der Waals surface area contributed by atoms with Gasteiger partial charge in [0.05, 0.1) is 26.4 Å². The fourth-order valence-corrected chi connectivity index (χ4v) is 11.4. The van der Waals surface area contributed by atoms with Gasteiger partial charge in [0.15, 0.2) is 12.2 Å². The number of hydrogen-bond acceptors (Lipinski definition) is 15. The van der Waals surface area contributed by atoms with Crippen LogP contribution in [-0.4, -0.2) is 96.7 Å². The zero-order valence-corrected chi connectivity index (χ0v) is 57.7. The summed E-state index contributed by atoms with van der Waals surface area (Å²) in [6.45, 7) is 14.0. The minimum absolute atomic E-state index is 0.102. The van der Waals surface area contributed by atoms with Crippen molar-refractivity contribution in [1.29, 1.82) is 0 Å². The maximum atomic E-state index is 13.0. The molecule has 0 aliphatic rings. The summed E-state index contributed by atoms with van der Waals surface area (Å²) in [4.78, 5) is 72.4. The van der Waals surface area contributed by atoms with E-state index in [-0.39, 0.29) is 25.7 Å². The van der Waals surface area contributed by atoms with Crippen LogP contribution in [0.25, 0.3) is 0 Å². The lowest BCUT2D eigenvalue weighted by atomic mass is 9.99. The molecule has 0 amide bonds. The standard InChI is InChI=1S/C67H130O17P2/c1-9-58(6)44-36-28-20-17-18-21-31-39-47-64(69)77-53-63(84-67(72)50-42-34-26-24-30-38-46-60(8)11-3)56-82-86(75,76)80-52-61(68)51-79-85(73,74)81-55-62(54-78-65(70)48-40-32-25-23-29-37-45-59(7)10-2)83-66(71)49-41-33-22-16-14-12-13-15-19-27-35-43-57(4)5/h57-63,68H,9-56H2,1-8H3,(H,73,74)(H,75,76)/t58?,59?,60?,61-,62+,63+/m0/s1. The minimum Gasteiger partial charge on any atom is -0.462 e. The van der Waals surface area contributed by atoms with Crippen LogP contribution in [0.2, 0.25) is 0 Å². The van der Waals surface area contributed by atoms with Gasteiger partial charge in [0.25, 0.3) is 0 Å². The van der Waals surface area contributed by atoms with E-state index in [4.69, 9.17) is 37.0 Å². The highest BCUT2D eigenvalue weighted by Gasteiger charge is 2.30. The number of phosphoric ester groups is 2. The first-order chi connectivity index (χ1) is 41.2. The van der Waals surface area contributed by atoms with E-state index in [2.05, 4.69) is 55.4 Å². The first kappa shape index (κ1) is 84.1. The Morgan fingerprint density at radius 3 is 0.826 bits per heavy atom. The maximum Gasteiger partial charge on any atom is 0.472 e. The molecule has 0 fully saturated rings. The number of aliphatic hydroxyl groups excluding tert-OH is 1. The van der Waals surface area contributed by atoms with Crippen molar-refractivity contribution >= 4 is 39.5 Å². The molecule has 19 heteroatoms. The van der Waals surface area contributed by atoms with Crippen molar-refractivity contribution in [2.45, 2.75) is 343 Å². The molecule has 0 heterocycles. The van der Waals surface area contributed by atoms with Gasteiger partial charge in [-0.3, -0.25) is 37.3 Å². The second kappa shape index (κ2) is 57.0. The highest BCUT2D eigenvalue weighted by Crippen LogP contribution is 2.45. The SMILES string of the molecule is CCC(C)CCCCCCCCCCC(=O)OC[C@H](COP(=O)(O)OC[C@@H](O)COP(=O)(O)OC[C@@H](COC(=O)CCCCCCCCC(C)CC)OC(=O)CCCCCCCCCCCCCC(C)C)OC(=O)CCCCCCCCC(C)CC. The fourth-order valence-electron chi connectivity index (χ4n) is 9.86. The molecule has 510 valence electrons. The smallest absolute Gasteiger partial charge is 0.462 e. The second-order valence-electron chi connectivity index (χ2n) is 25.4. The summed E-state index contributed by atoms with van der Waals surface area (Å²) < 4.78 is 68.1. The number of carbonyl (C=O) groups is 4. The summed E-state index contributed by atoms with van der Waals surface area (Å²) in [7, 11) is -9.90. The van der Waals surface area contributed by atoms with Gasteiger partial charge in [0, 0.05) is 25.7 Å². The quantitative estimate of drug-likeness (QED) is 0.0222. The van der Waals surface area contributed by atoms with E-state index in [1.165, 1.54) is 122 Å². The van der Waals surface area contributed by atoms with Gasteiger partial charge in [-0.15, -0.1) is 0 Å². The molecule has 17 nitrogen and oxygen atoms in total. The molecule has 0 rings (SSSR count). The van der Waals surface area contributed by atoms with Gasteiger partial charge >= 0.3 is 39.5 Å². The van der Waals surface area contributed by atoms with Gasteiger partial charge in [-0.2, -0.15) is 0 Å². The summed E-state index contributed by atoms with van der Waals surface area (Å²) in [6.07, 6.45) is 37.5. The van der Waals surface area contributed by atoms with E-state index < -0.39 is 97.5 Å². The van der Waals surface area contributed by atoms with Gasteiger partial charge in [-0.25, -0.2) is 9.13 Å². The Bertz CT molecular complexity index is 1720. The van der Waals surface area contributed by atoms with Crippen LogP contribution in [0.5, 0.6) is 0 Å². The van der Waals surface area contributed by atoms with E-state index in [0.717, 1.165) is 120 Å². The molecule has 0 saturated heterocycles. The molecule has 0 bridgehead atoms. The Kier molecular flexibility index (Phi) is 55.7. The maximum absolute atomic E-state index is 13.0. The first-order valence-corrected chi connectivity index (χ1v) is 37.8. The molecule has 0 aliphatic heterocycles. The summed E-state index contributed by atoms with van der Waals surface area (Å²) in [5.74, 6) is 0.857. The molecule has 3 N–H and O–H groups in total. The van der Waals surface area contributed by atoms with Gasteiger partial charge < -0.3 is 33.8 Å². The number of carbonyl (C=O) groups excluding carboxylic acids is 4. The third kappa shape index (κ3) is 57.2. The predicted molar refractivity (Wildman–Crippen MR) is 344 cm³/mol. The number of aliphatic hydroxyl groups is 1. The molecular formula is C67H130O17P2. The van der Waals surface area contributed by atoms with Crippen molar-refractivity contribution < 1.29 is 80.2 Å². The van der Waals surface area contributed by atoms with Crippen LogP contribution in [0.4, 0.5) is 0 Å². The van der Waals surface area contributed by atoms with Crippen LogP contribution in [0, 0.1) is 23.7 Å². The normalized spacial score (nSPS) is 15.3. The molecule has 0 radical (unpaired) electrons. The largest absolute Gasteiger partial charge is 0.472 e. The molecule has 0 aromatic rings. The molecule has 5 unspecified atom stereocenters. The van der Waals surface area contributed by atoms with E-state index in [9.17, 15) is 43.2 Å². The van der Waals surface area contributed by atoms with Crippen molar-refractivity contribution in [1.82, 2.24) is 0 Å². The second-order valence-corrected chi connectivity index (χ2v) is 28.3. The van der Waals surface area contributed by atoms with Crippen LogP contribution in [0.15, 0.2) is 0 Å². The Balaban J connectivity index is 5.26. The molecular weight excluding hydrogens is 1140 g/mol.